The Morgan fingerprint density at radius 2 is 1.95 bits per heavy atom. The van der Waals surface area contributed by atoms with Crippen LogP contribution >= 0.6 is 0 Å². The molecular weight excluding hydrogens is 285 g/mol. The summed E-state index contributed by atoms with van der Waals surface area (Å²) in [4.78, 5) is 15.4. The minimum absolute atomic E-state index is 0.0333. The predicted octanol–water partition coefficient (Wildman–Crippen LogP) is 2.90. The number of aromatic nitrogens is 2. The van der Waals surface area contributed by atoms with Gasteiger partial charge in [0.25, 0.3) is 0 Å². The van der Waals surface area contributed by atoms with Crippen LogP contribution in [0.3, 0.4) is 0 Å². The molecule has 3 rings (SSSR count). The number of rotatable bonds is 4. The molecule has 5 nitrogen and oxygen atoms in total. The summed E-state index contributed by atoms with van der Waals surface area (Å²) in [6, 6.07) is 11.3. The average molecular weight is 299 g/mol. The van der Waals surface area contributed by atoms with Crippen molar-refractivity contribution in [2.45, 2.75) is 13.0 Å². The maximum atomic E-state index is 13.1. The van der Waals surface area contributed by atoms with Gasteiger partial charge in [-0.25, -0.2) is 9.37 Å². The highest BCUT2D eigenvalue weighted by Crippen LogP contribution is 2.28. The molecule has 0 aliphatic rings. The van der Waals surface area contributed by atoms with Crippen LogP contribution in [0.5, 0.6) is 0 Å². The van der Waals surface area contributed by atoms with Crippen LogP contribution in [0.15, 0.2) is 42.5 Å². The first-order valence-corrected chi connectivity index (χ1v) is 6.78. The standard InChI is InChI=1S/C16H14FN3O2/c17-11-6-4-10(5-7-11)16-19-15-12(18)2-1-3-13(15)20(16)9-8-14(21)22/h1-7H,8-9,18H2,(H,21,22). The highest BCUT2D eigenvalue weighted by molar-refractivity contribution is 5.90. The number of para-hydroxylation sites is 1. The van der Waals surface area contributed by atoms with Gasteiger partial charge in [-0.3, -0.25) is 4.79 Å². The SMILES string of the molecule is Nc1cccc2c1nc(-c1ccc(F)cc1)n2CCC(=O)O. The lowest BCUT2D eigenvalue weighted by atomic mass is 10.2. The second-order valence-corrected chi connectivity index (χ2v) is 4.95. The molecule has 1 heterocycles. The van der Waals surface area contributed by atoms with Crippen LogP contribution in [0.4, 0.5) is 10.1 Å². The number of halogens is 1. The zero-order valence-electron chi connectivity index (χ0n) is 11.7. The van der Waals surface area contributed by atoms with Crippen LogP contribution in [0.2, 0.25) is 0 Å². The average Bonchev–Trinajstić information content (AvgIpc) is 2.86. The van der Waals surface area contributed by atoms with E-state index in [9.17, 15) is 9.18 Å². The van der Waals surface area contributed by atoms with Crippen molar-refractivity contribution in [3.05, 3.63) is 48.3 Å². The van der Waals surface area contributed by atoms with E-state index in [1.165, 1.54) is 12.1 Å². The predicted molar refractivity (Wildman–Crippen MR) is 81.8 cm³/mol. The Balaban J connectivity index is 2.18. The Bertz CT molecular complexity index is 840. The molecule has 2 aromatic carbocycles. The molecule has 3 N–H and O–H groups in total. The zero-order chi connectivity index (χ0) is 15.7. The van der Waals surface area contributed by atoms with Gasteiger partial charge < -0.3 is 15.4 Å². The molecule has 0 saturated carbocycles. The number of aliphatic carboxylic acids is 1. The summed E-state index contributed by atoms with van der Waals surface area (Å²) >= 11 is 0. The van der Waals surface area contributed by atoms with Gasteiger partial charge in [-0.2, -0.15) is 0 Å². The molecule has 0 radical (unpaired) electrons. The summed E-state index contributed by atoms with van der Waals surface area (Å²) in [5.41, 5.74) is 8.56. The third-order valence-electron chi connectivity index (χ3n) is 3.46. The molecule has 0 atom stereocenters. The van der Waals surface area contributed by atoms with Crippen molar-refractivity contribution in [2.75, 3.05) is 5.73 Å². The van der Waals surface area contributed by atoms with Crippen molar-refractivity contribution < 1.29 is 14.3 Å². The van der Waals surface area contributed by atoms with Gasteiger partial charge in [-0.15, -0.1) is 0 Å². The van der Waals surface area contributed by atoms with Crippen LogP contribution < -0.4 is 5.73 Å². The molecule has 3 aromatic rings. The molecule has 0 unspecified atom stereocenters. The number of fused-ring (bicyclic) bond motifs is 1. The number of nitrogens with two attached hydrogens (primary N) is 1. The Morgan fingerprint density at radius 1 is 1.23 bits per heavy atom. The minimum atomic E-state index is -0.893. The van der Waals surface area contributed by atoms with Gasteiger partial charge in [0.05, 0.1) is 17.6 Å². The van der Waals surface area contributed by atoms with E-state index in [0.717, 1.165) is 5.52 Å². The first-order valence-electron chi connectivity index (χ1n) is 6.78. The van der Waals surface area contributed by atoms with Crippen molar-refractivity contribution in [3.63, 3.8) is 0 Å². The smallest absolute Gasteiger partial charge is 0.305 e. The van der Waals surface area contributed by atoms with Crippen molar-refractivity contribution in [2.24, 2.45) is 0 Å². The monoisotopic (exact) mass is 299 g/mol. The second kappa shape index (κ2) is 5.48. The van der Waals surface area contributed by atoms with Crippen LogP contribution in [-0.2, 0) is 11.3 Å². The fourth-order valence-corrected chi connectivity index (χ4v) is 2.42. The molecule has 112 valence electrons. The summed E-state index contributed by atoms with van der Waals surface area (Å²) < 4.78 is 14.9. The molecule has 0 bridgehead atoms. The van der Waals surface area contributed by atoms with E-state index in [1.54, 1.807) is 28.8 Å². The highest BCUT2D eigenvalue weighted by atomic mass is 19.1. The molecule has 0 fully saturated rings. The Kier molecular flexibility index (Phi) is 3.50. The van der Waals surface area contributed by atoms with Gasteiger partial charge in [0.15, 0.2) is 0 Å². The number of nitrogens with zero attached hydrogens (tertiary/aromatic N) is 2. The van der Waals surface area contributed by atoms with Gasteiger partial charge in [-0.05, 0) is 36.4 Å². The topological polar surface area (TPSA) is 81.1 Å². The number of nitrogen functional groups attached to an aromatic ring is 1. The maximum absolute atomic E-state index is 13.1. The fraction of sp³-hybridized carbons (Fsp3) is 0.125. The largest absolute Gasteiger partial charge is 0.481 e. The summed E-state index contributed by atoms with van der Waals surface area (Å²) in [5.74, 6) is -0.651. The summed E-state index contributed by atoms with van der Waals surface area (Å²) in [6.45, 7) is 0.266. The number of benzene rings is 2. The number of hydrogen-bond donors (Lipinski definition) is 2. The molecule has 0 spiro atoms. The molecular formula is C16H14FN3O2. The van der Waals surface area contributed by atoms with E-state index in [4.69, 9.17) is 10.8 Å². The first-order chi connectivity index (χ1) is 10.6. The maximum Gasteiger partial charge on any atom is 0.305 e. The van der Waals surface area contributed by atoms with Crippen LogP contribution in [0, 0.1) is 5.82 Å². The lowest BCUT2D eigenvalue weighted by molar-refractivity contribution is -0.137. The number of imidazole rings is 1. The number of anilines is 1. The number of carboxylic acids is 1. The first kappa shape index (κ1) is 14.1. The number of aryl methyl sites for hydroxylation is 1. The number of carbonyl (C=O) groups is 1. The Morgan fingerprint density at radius 3 is 2.64 bits per heavy atom. The van der Waals surface area contributed by atoms with Gasteiger partial charge in [0.2, 0.25) is 0 Å². The highest BCUT2D eigenvalue weighted by Gasteiger charge is 2.15. The molecule has 0 amide bonds. The van der Waals surface area contributed by atoms with Crippen LogP contribution in [0.25, 0.3) is 22.4 Å². The third-order valence-corrected chi connectivity index (χ3v) is 3.46. The van der Waals surface area contributed by atoms with E-state index >= 15 is 0 Å². The van der Waals surface area contributed by atoms with Gasteiger partial charge in [-0.1, -0.05) is 6.07 Å². The number of hydrogen-bond acceptors (Lipinski definition) is 3. The van der Waals surface area contributed by atoms with E-state index in [2.05, 4.69) is 4.98 Å². The van der Waals surface area contributed by atoms with E-state index in [1.807, 2.05) is 6.07 Å². The van der Waals surface area contributed by atoms with Crippen molar-refractivity contribution in [3.8, 4) is 11.4 Å². The van der Waals surface area contributed by atoms with Crippen molar-refractivity contribution in [1.82, 2.24) is 9.55 Å². The molecule has 6 heteroatoms. The van der Waals surface area contributed by atoms with E-state index < -0.39 is 5.97 Å². The number of carboxylic acid groups (broad SMARTS) is 1. The third kappa shape index (κ3) is 2.50. The normalized spacial score (nSPS) is 11.0. The quantitative estimate of drug-likeness (QED) is 0.726. The van der Waals surface area contributed by atoms with E-state index in [0.29, 0.717) is 22.6 Å². The zero-order valence-corrected chi connectivity index (χ0v) is 11.7. The Labute approximate surface area is 125 Å². The Hall–Kier alpha value is -2.89. The summed E-state index contributed by atoms with van der Waals surface area (Å²) in [6.07, 6.45) is -0.0333. The van der Waals surface area contributed by atoms with Gasteiger partial charge in [0, 0.05) is 12.1 Å². The van der Waals surface area contributed by atoms with Crippen LogP contribution in [0.1, 0.15) is 6.42 Å². The summed E-state index contributed by atoms with van der Waals surface area (Å²) in [7, 11) is 0. The molecule has 0 saturated heterocycles. The molecule has 0 aliphatic heterocycles. The molecule has 22 heavy (non-hydrogen) atoms. The van der Waals surface area contributed by atoms with E-state index in [-0.39, 0.29) is 18.8 Å². The van der Waals surface area contributed by atoms with Gasteiger partial charge >= 0.3 is 5.97 Å². The van der Waals surface area contributed by atoms with Gasteiger partial charge in [0.1, 0.15) is 17.2 Å². The lowest BCUT2D eigenvalue weighted by Crippen LogP contribution is -2.06. The minimum Gasteiger partial charge on any atom is -0.481 e. The fourth-order valence-electron chi connectivity index (χ4n) is 2.42. The second-order valence-electron chi connectivity index (χ2n) is 4.95. The van der Waals surface area contributed by atoms with Crippen molar-refractivity contribution >= 4 is 22.7 Å². The van der Waals surface area contributed by atoms with Crippen molar-refractivity contribution in [1.29, 1.82) is 0 Å². The summed E-state index contributed by atoms with van der Waals surface area (Å²) in [5, 5.41) is 8.93. The lowest BCUT2D eigenvalue weighted by Gasteiger charge is -2.08. The molecule has 0 aliphatic carbocycles. The van der Waals surface area contributed by atoms with Crippen LogP contribution in [-0.4, -0.2) is 20.6 Å². The molecule has 1 aromatic heterocycles.